The molecule has 0 saturated heterocycles. The Morgan fingerprint density at radius 2 is 2.31 bits per heavy atom. The number of carbonyl (C=O) groups is 1. The van der Waals surface area contributed by atoms with Gasteiger partial charge in [0, 0.05) is 13.2 Å². The number of ether oxygens (including phenoxy) is 2. The molecule has 88 valence electrons. The highest BCUT2D eigenvalue weighted by atomic mass is 79.9. The van der Waals surface area contributed by atoms with Gasteiger partial charge in [-0.15, -0.1) is 0 Å². The molecule has 0 atom stereocenters. The number of nitrogens with one attached hydrogen (secondary N) is 1. The first-order valence-corrected chi connectivity index (χ1v) is 5.82. The Morgan fingerprint density at radius 3 is 2.88 bits per heavy atom. The molecule has 0 aliphatic rings. The van der Waals surface area contributed by atoms with Crippen molar-refractivity contribution in [2.24, 2.45) is 0 Å². The summed E-state index contributed by atoms with van der Waals surface area (Å²) in [6.45, 7) is 0.973. The molecule has 1 heterocycles. The molecule has 0 spiro atoms. The molecule has 1 aromatic heterocycles. The van der Waals surface area contributed by atoms with Crippen molar-refractivity contribution >= 4 is 27.5 Å². The highest BCUT2D eigenvalue weighted by Crippen LogP contribution is 2.11. The van der Waals surface area contributed by atoms with Crippen LogP contribution in [0, 0.1) is 0 Å². The number of halogens is 1. The predicted molar refractivity (Wildman–Crippen MR) is 64.0 cm³/mol. The molecular weight excluding hydrogens is 276 g/mol. The summed E-state index contributed by atoms with van der Waals surface area (Å²) in [6, 6.07) is 3.43. The van der Waals surface area contributed by atoms with Crippen LogP contribution in [0.15, 0.2) is 18.3 Å². The second-order valence-electron chi connectivity index (χ2n) is 2.91. The number of hydrogen-bond acceptors (Lipinski definition) is 4. The van der Waals surface area contributed by atoms with E-state index in [9.17, 15) is 4.79 Å². The van der Waals surface area contributed by atoms with E-state index in [1.165, 1.54) is 0 Å². The maximum atomic E-state index is 11.0. The van der Waals surface area contributed by atoms with E-state index in [4.69, 9.17) is 9.47 Å². The number of nitrogens with zero attached hydrogens (tertiary/aromatic N) is 1. The van der Waals surface area contributed by atoms with Crippen LogP contribution >= 0.6 is 15.9 Å². The van der Waals surface area contributed by atoms with E-state index in [0.717, 1.165) is 0 Å². The van der Waals surface area contributed by atoms with Gasteiger partial charge < -0.3 is 14.8 Å². The number of pyridine rings is 1. The van der Waals surface area contributed by atoms with Crippen LogP contribution in [0.4, 0.5) is 5.69 Å². The van der Waals surface area contributed by atoms with E-state index >= 15 is 0 Å². The van der Waals surface area contributed by atoms with Gasteiger partial charge in [0.25, 0.3) is 0 Å². The molecule has 0 radical (unpaired) electrons. The summed E-state index contributed by atoms with van der Waals surface area (Å²) in [7, 11) is 1.61. The number of rotatable bonds is 6. The van der Waals surface area contributed by atoms with Crippen molar-refractivity contribution in [1.29, 1.82) is 0 Å². The molecule has 1 amide bonds. The lowest BCUT2D eigenvalue weighted by Gasteiger charge is -2.06. The SMILES string of the molecule is COCCOc1ccc(NC(=O)CBr)cn1. The van der Waals surface area contributed by atoms with Gasteiger partial charge in [0.15, 0.2) is 0 Å². The van der Waals surface area contributed by atoms with Crippen LogP contribution in [0.1, 0.15) is 0 Å². The van der Waals surface area contributed by atoms with E-state index < -0.39 is 0 Å². The van der Waals surface area contributed by atoms with Crippen LogP contribution in [-0.2, 0) is 9.53 Å². The summed E-state index contributed by atoms with van der Waals surface area (Å²) in [5, 5.41) is 2.92. The highest BCUT2D eigenvalue weighted by molar-refractivity contribution is 9.09. The van der Waals surface area contributed by atoms with Gasteiger partial charge in [-0.05, 0) is 6.07 Å². The normalized spacial score (nSPS) is 9.88. The van der Waals surface area contributed by atoms with Crippen molar-refractivity contribution in [1.82, 2.24) is 4.98 Å². The smallest absolute Gasteiger partial charge is 0.235 e. The van der Waals surface area contributed by atoms with E-state index in [0.29, 0.717) is 24.8 Å². The number of hydrogen-bond donors (Lipinski definition) is 1. The van der Waals surface area contributed by atoms with Crippen LogP contribution in [0.25, 0.3) is 0 Å². The molecule has 0 unspecified atom stereocenters. The Bertz CT molecular complexity index is 329. The van der Waals surface area contributed by atoms with Gasteiger partial charge in [-0.25, -0.2) is 4.98 Å². The minimum Gasteiger partial charge on any atom is -0.475 e. The van der Waals surface area contributed by atoms with Crippen molar-refractivity contribution in [3.05, 3.63) is 18.3 Å². The van der Waals surface area contributed by atoms with Gasteiger partial charge in [-0.1, -0.05) is 15.9 Å². The van der Waals surface area contributed by atoms with Crippen molar-refractivity contribution in [3.63, 3.8) is 0 Å². The van der Waals surface area contributed by atoms with Crippen LogP contribution < -0.4 is 10.1 Å². The lowest BCUT2D eigenvalue weighted by Crippen LogP contribution is -2.12. The number of amides is 1. The third-order valence-corrected chi connectivity index (χ3v) is 2.19. The van der Waals surface area contributed by atoms with E-state index in [2.05, 4.69) is 26.2 Å². The Balaban J connectivity index is 2.44. The summed E-state index contributed by atoms with van der Waals surface area (Å²) in [6.07, 6.45) is 1.54. The van der Waals surface area contributed by atoms with Gasteiger partial charge in [-0.3, -0.25) is 4.79 Å². The first kappa shape index (κ1) is 12.9. The van der Waals surface area contributed by atoms with E-state index in [-0.39, 0.29) is 11.2 Å². The van der Waals surface area contributed by atoms with Crippen molar-refractivity contribution in [2.45, 2.75) is 0 Å². The van der Waals surface area contributed by atoms with E-state index in [1.807, 2.05) is 0 Å². The van der Waals surface area contributed by atoms with Crippen molar-refractivity contribution in [3.8, 4) is 5.88 Å². The predicted octanol–water partition coefficient (Wildman–Crippen LogP) is 1.44. The molecule has 1 aromatic rings. The van der Waals surface area contributed by atoms with Crippen molar-refractivity contribution < 1.29 is 14.3 Å². The van der Waals surface area contributed by atoms with E-state index in [1.54, 1.807) is 25.4 Å². The summed E-state index contributed by atoms with van der Waals surface area (Å²) >= 11 is 3.06. The number of methoxy groups -OCH3 is 1. The Morgan fingerprint density at radius 1 is 1.50 bits per heavy atom. The zero-order valence-corrected chi connectivity index (χ0v) is 10.5. The average Bonchev–Trinajstić information content (AvgIpc) is 2.31. The van der Waals surface area contributed by atoms with Gasteiger partial charge in [0.2, 0.25) is 11.8 Å². The maximum absolute atomic E-state index is 11.0. The number of aromatic nitrogens is 1. The lowest BCUT2D eigenvalue weighted by molar-refractivity contribution is -0.113. The number of alkyl halides is 1. The zero-order chi connectivity index (χ0) is 11.8. The van der Waals surface area contributed by atoms with Gasteiger partial charge in [-0.2, -0.15) is 0 Å². The molecule has 0 aliphatic heterocycles. The molecule has 6 heteroatoms. The third-order valence-electron chi connectivity index (χ3n) is 1.68. The van der Waals surface area contributed by atoms with Crippen molar-refractivity contribution in [2.75, 3.05) is 31.0 Å². The molecule has 5 nitrogen and oxygen atoms in total. The molecule has 0 fully saturated rings. The molecule has 1 rings (SSSR count). The summed E-state index contributed by atoms with van der Waals surface area (Å²) < 4.78 is 10.1. The summed E-state index contributed by atoms with van der Waals surface area (Å²) in [5.41, 5.74) is 0.642. The average molecular weight is 289 g/mol. The topological polar surface area (TPSA) is 60.5 Å². The number of carbonyl (C=O) groups excluding carboxylic acids is 1. The minimum atomic E-state index is -0.116. The second-order valence-corrected chi connectivity index (χ2v) is 3.47. The first-order chi connectivity index (χ1) is 7.76. The maximum Gasteiger partial charge on any atom is 0.235 e. The number of anilines is 1. The fourth-order valence-electron chi connectivity index (χ4n) is 0.964. The lowest BCUT2D eigenvalue weighted by atomic mass is 10.4. The first-order valence-electron chi connectivity index (χ1n) is 4.70. The molecule has 0 aromatic carbocycles. The largest absolute Gasteiger partial charge is 0.475 e. The van der Waals surface area contributed by atoms with Crippen LogP contribution in [0.2, 0.25) is 0 Å². The van der Waals surface area contributed by atoms with Gasteiger partial charge in [0.1, 0.15) is 6.61 Å². The standard InChI is InChI=1S/C10H13BrN2O3/c1-15-4-5-16-10-3-2-8(7-12-10)13-9(14)6-11/h2-3,7H,4-6H2,1H3,(H,13,14). The van der Waals surface area contributed by atoms with Crippen LogP contribution in [0.3, 0.4) is 0 Å². The quantitative estimate of drug-likeness (QED) is 0.636. The Kier molecular flexibility index (Phi) is 5.81. The van der Waals surface area contributed by atoms with Crippen LogP contribution in [-0.4, -0.2) is 36.5 Å². The molecule has 0 saturated carbocycles. The molecule has 1 N–H and O–H groups in total. The molecule has 0 aliphatic carbocycles. The third kappa shape index (κ3) is 4.59. The fraction of sp³-hybridized carbons (Fsp3) is 0.400. The fourth-order valence-corrected chi connectivity index (χ4v) is 1.10. The molecule has 16 heavy (non-hydrogen) atoms. The minimum absolute atomic E-state index is 0.116. The molecule has 0 bridgehead atoms. The second kappa shape index (κ2) is 7.19. The zero-order valence-electron chi connectivity index (χ0n) is 8.90. The highest BCUT2D eigenvalue weighted by Gasteiger charge is 2.00. The Hall–Kier alpha value is -1.14. The Labute approximate surface area is 102 Å². The molecular formula is C10H13BrN2O3. The summed E-state index contributed by atoms with van der Waals surface area (Å²) in [4.78, 5) is 15.1. The van der Waals surface area contributed by atoms with Gasteiger partial charge in [0.05, 0.1) is 23.8 Å². The summed E-state index contributed by atoms with van der Waals surface area (Å²) in [5.74, 6) is 0.392. The monoisotopic (exact) mass is 288 g/mol. The van der Waals surface area contributed by atoms with Gasteiger partial charge >= 0.3 is 0 Å². The van der Waals surface area contributed by atoms with Crippen LogP contribution in [0.5, 0.6) is 5.88 Å².